The van der Waals surface area contributed by atoms with Gasteiger partial charge in [-0.3, -0.25) is 25.1 Å². The molecule has 154 valence electrons. The molecule has 30 heavy (non-hydrogen) atoms. The van der Waals surface area contributed by atoms with E-state index >= 15 is 0 Å². The number of fused-ring (bicyclic) bond motifs is 1. The van der Waals surface area contributed by atoms with Crippen molar-refractivity contribution in [2.75, 3.05) is 13.2 Å². The summed E-state index contributed by atoms with van der Waals surface area (Å²) in [7, 11) is 1.73. The zero-order valence-corrected chi connectivity index (χ0v) is 16.8. The van der Waals surface area contributed by atoms with Gasteiger partial charge < -0.3 is 9.47 Å². The number of carbonyl (C=O) groups is 2. The number of benzene rings is 2. The molecule has 1 aliphatic heterocycles. The molecule has 0 unspecified atom stereocenters. The summed E-state index contributed by atoms with van der Waals surface area (Å²) < 4.78 is 13.0. The van der Waals surface area contributed by atoms with Gasteiger partial charge in [0.1, 0.15) is 5.69 Å². The Balaban J connectivity index is 1.55. The minimum atomic E-state index is -0.466. The molecule has 0 spiro atoms. The van der Waals surface area contributed by atoms with Gasteiger partial charge in [0.2, 0.25) is 0 Å². The molecule has 8 heteroatoms. The van der Waals surface area contributed by atoms with Crippen molar-refractivity contribution in [3.8, 4) is 22.8 Å². The van der Waals surface area contributed by atoms with E-state index in [1.54, 1.807) is 30.1 Å². The van der Waals surface area contributed by atoms with Gasteiger partial charge in [-0.1, -0.05) is 18.2 Å². The molecule has 0 aliphatic carbocycles. The number of aromatic nitrogens is 2. The minimum Gasteiger partial charge on any atom is -0.490 e. The molecule has 0 radical (unpaired) electrons. The fourth-order valence-electron chi connectivity index (χ4n) is 3.25. The summed E-state index contributed by atoms with van der Waals surface area (Å²) >= 11 is 0. The van der Waals surface area contributed by atoms with Crippen molar-refractivity contribution < 1.29 is 19.1 Å². The summed E-state index contributed by atoms with van der Waals surface area (Å²) in [4.78, 5) is 25.2. The lowest BCUT2D eigenvalue weighted by Gasteiger charge is -2.10. The van der Waals surface area contributed by atoms with Crippen LogP contribution in [0, 0.1) is 6.92 Å². The Hall–Kier alpha value is -3.81. The van der Waals surface area contributed by atoms with Crippen molar-refractivity contribution >= 4 is 11.8 Å². The molecular formula is C22H22N4O4. The second-order valence-corrected chi connectivity index (χ2v) is 7.00. The summed E-state index contributed by atoms with van der Waals surface area (Å²) in [6, 6.07) is 12.6. The van der Waals surface area contributed by atoms with Gasteiger partial charge in [0, 0.05) is 30.8 Å². The fourth-order valence-corrected chi connectivity index (χ4v) is 3.25. The van der Waals surface area contributed by atoms with Crippen molar-refractivity contribution in [3.05, 3.63) is 65.4 Å². The molecule has 2 N–H and O–H groups in total. The smallest absolute Gasteiger partial charge is 0.273 e. The van der Waals surface area contributed by atoms with Crippen molar-refractivity contribution in [2.24, 2.45) is 7.05 Å². The Morgan fingerprint density at radius 2 is 1.67 bits per heavy atom. The molecule has 2 aromatic carbocycles. The Bertz CT molecular complexity index is 1110. The summed E-state index contributed by atoms with van der Waals surface area (Å²) in [5, 5.41) is 4.42. The molecule has 0 atom stereocenters. The van der Waals surface area contributed by atoms with Crippen LogP contribution in [0.2, 0.25) is 0 Å². The van der Waals surface area contributed by atoms with Crippen LogP contribution in [0.4, 0.5) is 0 Å². The van der Waals surface area contributed by atoms with Crippen molar-refractivity contribution in [1.82, 2.24) is 20.6 Å². The molecule has 2 amide bonds. The van der Waals surface area contributed by atoms with E-state index in [1.807, 2.05) is 37.3 Å². The van der Waals surface area contributed by atoms with Crippen molar-refractivity contribution in [1.29, 1.82) is 0 Å². The quantitative estimate of drug-likeness (QED) is 0.652. The maximum absolute atomic E-state index is 12.8. The Labute approximate surface area is 173 Å². The number of hydrazine groups is 1. The normalized spacial score (nSPS) is 12.7. The molecular weight excluding hydrogens is 384 g/mol. The molecule has 1 aromatic heterocycles. The highest BCUT2D eigenvalue weighted by molar-refractivity contribution is 6.02. The number of nitrogens with one attached hydrogen (secondary N) is 2. The highest BCUT2D eigenvalue weighted by atomic mass is 16.5. The number of ether oxygens (including phenoxy) is 2. The van der Waals surface area contributed by atoms with Crippen LogP contribution in [0.1, 0.15) is 32.7 Å². The number of hydrogen-bond acceptors (Lipinski definition) is 5. The van der Waals surface area contributed by atoms with Crippen LogP contribution in [0.5, 0.6) is 11.5 Å². The predicted molar refractivity (Wildman–Crippen MR) is 110 cm³/mol. The Kier molecular flexibility index (Phi) is 5.38. The highest BCUT2D eigenvalue weighted by Crippen LogP contribution is 2.34. The second-order valence-electron chi connectivity index (χ2n) is 7.00. The number of amides is 2. The summed E-state index contributed by atoms with van der Waals surface area (Å²) in [5.74, 6) is 0.438. The minimum absolute atomic E-state index is 0.331. The first-order chi connectivity index (χ1) is 14.5. The average molecular weight is 406 g/mol. The van der Waals surface area contributed by atoms with Crippen LogP contribution in [0.15, 0.2) is 48.7 Å². The maximum atomic E-state index is 12.8. The number of rotatable bonds is 3. The fraction of sp³-hybridized carbons (Fsp3) is 0.227. The van der Waals surface area contributed by atoms with E-state index in [4.69, 9.17) is 9.47 Å². The Morgan fingerprint density at radius 1 is 0.967 bits per heavy atom. The lowest BCUT2D eigenvalue weighted by Crippen LogP contribution is -2.41. The van der Waals surface area contributed by atoms with E-state index in [0.717, 1.165) is 17.5 Å². The summed E-state index contributed by atoms with van der Waals surface area (Å²) in [6.45, 7) is 3.00. The molecule has 4 rings (SSSR count). The molecule has 0 fully saturated rings. The molecule has 3 aromatic rings. The van der Waals surface area contributed by atoms with Crippen LogP contribution in [0.25, 0.3) is 11.3 Å². The van der Waals surface area contributed by atoms with Gasteiger partial charge in [-0.15, -0.1) is 0 Å². The van der Waals surface area contributed by atoms with Crippen molar-refractivity contribution in [3.63, 3.8) is 0 Å². The SMILES string of the molecule is Cc1ccccc1C(=O)NNC(=O)c1cn(C)nc1-c1ccc2c(c1)OCCCO2. The van der Waals surface area contributed by atoms with Crippen LogP contribution in [0.3, 0.4) is 0 Å². The predicted octanol–water partition coefficient (Wildman–Crippen LogP) is 2.63. The molecule has 1 aliphatic rings. The van der Waals surface area contributed by atoms with E-state index in [2.05, 4.69) is 16.0 Å². The molecule has 8 nitrogen and oxygen atoms in total. The second kappa shape index (κ2) is 8.28. The summed E-state index contributed by atoms with van der Waals surface area (Å²) in [5.41, 5.74) is 7.78. The first-order valence-corrected chi connectivity index (χ1v) is 9.63. The maximum Gasteiger partial charge on any atom is 0.273 e. The summed E-state index contributed by atoms with van der Waals surface area (Å²) in [6.07, 6.45) is 2.41. The van der Waals surface area contributed by atoms with Gasteiger partial charge in [-0.05, 0) is 36.8 Å². The molecule has 0 saturated heterocycles. The third kappa shape index (κ3) is 3.98. The van der Waals surface area contributed by atoms with Crippen LogP contribution < -0.4 is 20.3 Å². The van der Waals surface area contributed by atoms with E-state index in [9.17, 15) is 9.59 Å². The lowest BCUT2D eigenvalue weighted by molar-refractivity contribution is 0.0846. The Morgan fingerprint density at radius 3 is 2.43 bits per heavy atom. The average Bonchev–Trinajstić information content (AvgIpc) is 2.99. The number of carbonyl (C=O) groups excluding carboxylic acids is 2. The zero-order valence-electron chi connectivity index (χ0n) is 16.8. The topological polar surface area (TPSA) is 94.5 Å². The molecule has 0 bridgehead atoms. The van der Waals surface area contributed by atoms with Gasteiger partial charge in [0.25, 0.3) is 11.8 Å². The highest BCUT2D eigenvalue weighted by Gasteiger charge is 2.20. The first-order valence-electron chi connectivity index (χ1n) is 9.63. The standard InChI is InChI=1S/C22H22N4O4/c1-14-6-3-4-7-16(14)21(27)23-24-22(28)17-13-26(2)25-20(17)15-8-9-18-19(12-15)30-11-5-10-29-18/h3-4,6-9,12-13H,5,10-11H2,1-2H3,(H,23,27)(H,24,28). The van der Waals surface area contributed by atoms with Crippen molar-refractivity contribution in [2.45, 2.75) is 13.3 Å². The molecule has 2 heterocycles. The van der Waals surface area contributed by atoms with Gasteiger partial charge in [-0.25, -0.2) is 0 Å². The first kappa shape index (κ1) is 19.5. The van der Waals surface area contributed by atoms with Crippen LogP contribution in [-0.4, -0.2) is 34.8 Å². The molecule has 0 saturated carbocycles. The number of aryl methyl sites for hydroxylation is 2. The van der Waals surface area contributed by atoms with Gasteiger partial charge in [0.15, 0.2) is 11.5 Å². The van der Waals surface area contributed by atoms with Crippen LogP contribution in [-0.2, 0) is 7.05 Å². The zero-order chi connectivity index (χ0) is 21.1. The lowest BCUT2D eigenvalue weighted by atomic mass is 10.1. The third-order valence-electron chi connectivity index (χ3n) is 4.77. The van der Waals surface area contributed by atoms with E-state index in [-0.39, 0.29) is 5.91 Å². The van der Waals surface area contributed by atoms with E-state index in [0.29, 0.717) is 41.5 Å². The van der Waals surface area contributed by atoms with E-state index in [1.165, 1.54) is 0 Å². The van der Waals surface area contributed by atoms with Gasteiger partial charge >= 0.3 is 0 Å². The number of hydrogen-bond donors (Lipinski definition) is 2. The largest absolute Gasteiger partial charge is 0.490 e. The third-order valence-corrected chi connectivity index (χ3v) is 4.77. The van der Waals surface area contributed by atoms with E-state index < -0.39 is 5.91 Å². The van der Waals surface area contributed by atoms with Gasteiger partial charge in [-0.2, -0.15) is 5.10 Å². The monoisotopic (exact) mass is 406 g/mol. The number of nitrogens with zero attached hydrogens (tertiary/aromatic N) is 2. The van der Waals surface area contributed by atoms with Gasteiger partial charge in [0.05, 0.1) is 18.8 Å². The van der Waals surface area contributed by atoms with Crippen LogP contribution >= 0.6 is 0 Å².